The van der Waals surface area contributed by atoms with E-state index in [0.29, 0.717) is 77.0 Å². The summed E-state index contributed by atoms with van der Waals surface area (Å²) in [5.41, 5.74) is 5.65. The van der Waals surface area contributed by atoms with Crippen LogP contribution in [-0.4, -0.2) is 162 Å². The van der Waals surface area contributed by atoms with Crippen LogP contribution < -0.4 is 5.32 Å². The van der Waals surface area contributed by atoms with Gasteiger partial charge >= 0.3 is 18.2 Å². The SMILES string of the molecule is CC(C)(C)OC(=O)N(CC1(c2noc(-c3ccc(C(=O)O)cc3)n2)CC1)[C@H]1CC1c1ccccc1.CN(C)C(=O)c1ccc(-c2nc(C3(CN(C(=O)OC(C)(C)C)[C@H]4CC4c4ccccc4)CC3)no2)cc1.CN(C)C(=O)c1ccc(-c2nc(C3(CN[C@H]4CC4c4ccccc4)CC3)no2)cc1. The fourth-order valence-corrected chi connectivity index (χ4v) is 13.2. The topological polar surface area (TPSA) is 266 Å². The summed E-state index contributed by atoms with van der Waals surface area (Å²) in [6, 6.07) is 52.8. The zero-order chi connectivity index (χ0) is 71.9. The molecule has 0 spiro atoms. The van der Waals surface area contributed by atoms with E-state index in [9.17, 15) is 24.0 Å². The number of aromatic nitrogens is 6. The fourth-order valence-electron chi connectivity index (χ4n) is 13.2. The van der Waals surface area contributed by atoms with Crippen molar-refractivity contribution in [3.8, 4) is 34.4 Å². The molecule has 6 fully saturated rings. The lowest BCUT2D eigenvalue weighted by atomic mass is 10.1. The van der Waals surface area contributed by atoms with E-state index in [1.807, 2.05) is 112 Å². The Kier molecular flexibility index (Phi) is 19.4. The third-order valence-corrected chi connectivity index (χ3v) is 19.9. The van der Waals surface area contributed by atoms with E-state index >= 15 is 0 Å². The molecule has 22 heteroatoms. The highest BCUT2D eigenvalue weighted by Gasteiger charge is 2.57. The van der Waals surface area contributed by atoms with Gasteiger partial charge in [0.05, 0.1) is 16.4 Å². The molecule has 6 aliphatic rings. The molecule has 0 bridgehead atoms. The number of amides is 4. The third-order valence-electron chi connectivity index (χ3n) is 19.9. The van der Waals surface area contributed by atoms with Crippen molar-refractivity contribution in [2.75, 3.05) is 47.8 Å². The maximum atomic E-state index is 13.3. The van der Waals surface area contributed by atoms with Gasteiger partial charge in [-0.2, -0.15) is 15.0 Å². The van der Waals surface area contributed by atoms with Crippen LogP contribution in [-0.2, 0) is 25.7 Å². The van der Waals surface area contributed by atoms with Crippen molar-refractivity contribution < 1.29 is 52.1 Å². The molecule has 3 unspecified atom stereocenters. The first-order chi connectivity index (χ1) is 48.8. The van der Waals surface area contributed by atoms with Gasteiger partial charge < -0.3 is 53.1 Å². The number of nitrogens with zero attached hydrogens (tertiary/aromatic N) is 10. The van der Waals surface area contributed by atoms with Gasteiger partial charge in [-0.25, -0.2) is 14.4 Å². The first-order valence-corrected chi connectivity index (χ1v) is 35.2. The second kappa shape index (κ2) is 28.2. The zero-order valence-corrected chi connectivity index (χ0v) is 59.5. The standard InChI is InChI=1S/C29H34N4O4.C27H29N3O5.C24H26N4O2/c1-28(2,3)36-27(35)33(23-17-22(23)19-9-7-6-8-10-19)18-29(15-16-29)26-30-24(37-31-26)20-11-13-21(14-12-20)25(34)32(4)5;1-26(2,3)34-25(33)30(21-15-20(21)17-7-5-4-6-8-17)16-27(13-14-27)24-28-22(35-29-24)18-9-11-19(12-10-18)23(31)32;1-28(2)22(29)18-10-8-17(9-11-18)21-26-23(27-30-21)24(12-13-24)15-25-20-14-19(20)16-6-4-3-5-7-16/h6-14,22-23H,15-18H2,1-5H3;4-12,20-21H,13-16H2,1-3H3,(H,31,32);3-11,19-20,25H,12-15H2,1-2H3/t22?,23-;20?,21-;19?,20-/m000/s1. The molecule has 3 aromatic heterocycles. The first kappa shape index (κ1) is 70.1. The first-order valence-electron chi connectivity index (χ1n) is 35.2. The molecule has 3 heterocycles. The molecular weight excluding hydrogens is 1290 g/mol. The predicted molar refractivity (Wildman–Crippen MR) is 382 cm³/mol. The van der Waals surface area contributed by atoms with Crippen LogP contribution >= 0.6 is 0 Å². The fraction of sp³-hybridized carbons (Fsp3) is 0.412. The molecule has 0 radical (unpaired) electrons. The highest BCUT2D eigenvalue weighted by molar-refractivity contribution is 5.95. The van der Waals surface area contributed by atoms with Gasteiger partial charge in [0.25, 0.3) is 29.5 Å². The summed E-state index contributed by atoms with van der Waals surface area (Å²) in [7, 11) is 6.93. The Bertz CT molecular complexity index is 4440. The molecule has 6 aromatic carbocycles. The number of aromatic carboxylic acids is 1. The second-order valence-electron chi connectivity index (χ2n) is 30.6. The number of hydrogen-bond donors (Lipinski definition) is 2. The van der Waals surface area contributed by atoms with Gasteiger partial charge in [0, 0.05) is 117 Å². The van der Waals surface area contributed by atoms with Crippen LogP contribution in [0.25, 0.3) is 34.4 Å². The Morgan fingerprint density at radius 1 is 0.451 bits per heavy atom. The summed E-state index contributed by atoms with van der Waals surface area (Å²) in [5.74, 6) is 3.34. The molecule has 15 rings (SSSR count). The molecule has 2 N–H and O–H groups in total. The number of benzene rings is 6. The van der Waals surface area contributed by atoms with Gasteiger partial charge in [-0.1, -0.05) is 106 Å². The van der Waals surface area contributed by atoms with Crippen LogP contribution in [0.5, 0.6) is 0 Å². The molecular formula is C80H89N11O11. The third kappa shape index (κ3) is 16.3. The van der Waals surface area contributed by atoms with Crippen molar-refractivity contribution >= 4 is 30.0 Å². The van der Waals surface area contributed by atoms with Gasteiger partial charge in [-0.15, -0.1) is 0 Å². The Morgan fingerprint density at radius 2 is 0.775 bits per heavy atom. The smallest absolute Gasteiger partial charge is 0.410 e. The number of carboxylic acid groups (broad SMARTS) is 1. The lowest BCUT2D eigenvalue weighted by Crippen LogP contribution is -2.43. The molecule has 22 nitrogen and oxygen atoms in total. The number of nitrogens with one attached hydrogen (secondary N) is 1. The van der Waals surface area contributed by atoms with E-state index in [4.69, 9.17) is 33.1 Å². The second-order valence-corrected chi connectivity index (χ2v) is 30.6. The largest absolute Gasteiger partial charge is 0.478 e. The van der Waals surface area contributed by atoms with E-state index in [0.717, 1.165) is 74.9 Å². The molecule has 0 saturated heterocycles. The monoisotopic (exact) mass is 1380 g/mol. The number of hydrogen-bond acceptors (Lipinski definition) is 17. The number of rotatable bonds is 21. The number of carbonyl (C=O) groups excluding carboxylic acids is 4. The Balaban J connectivity index is 0.000000137. The Morgan fingerprint density at radius 3 is 1.09 bits per heavy atom. The van der Waals surface area contributed by atoms with E-state index in [1.54, 1.807) is 69.5 Å². The van der Waals surface area contributed by atoms with E-state index in [1.165, 1.54) is 40.1 Å². The van der Waals surface area contributed by atoms with E-state index in [-0.39, 0.29) is 63.8 Å². The summed E-state index contributed by atoms with van der Waals surface area (Å²) in [6.07, 6.45) is 8.01. The summed E-state index contributed by atoms with van der Waals surface area (Å²) in [6.45, 7) is 13.1. The van der Waals surface area contributed by atoms with Crippen LogP contribution in [0.15, 0.2) is 177 Å². The van der Waals surface area contributed by atoms with E-state index < -0.39 is 17.2 Å². The van der Waals surface area contributed by atoms with Gasteiger partial charge in [-0.3, -0.25) is 9.59 Å². The number of carbonyl (C=O) groups is 5. The summed E-state index contributed by atoms with van der Waals surface area (Å²) >= 11 is 0. The molecule has 4 amide bonds. The van der Waals surface area contributed by atoms with Crippen molar-refractivity contribution in [3.63, 3.8) is 0 Å². The Labute approximate surface area is 594 Å². The van der Waals surface area contributed by atoms with Crippen molar-refractivity contribution in [2.45, 2.75) is 163 Å². The average Bonchev–Trinajstić information content (AvgIpc) is 1.59. The minimum Gasteiger partial charge on any atom is -0.478 e. The number of carboxylic acids is 1. The van der Waals surface area contributed by atoms with E-state index in [2.05, 4.69) is 85.4 Å². The maximum Gasteiger partial charge on any atom is 0.410 e. The molecule has 6 atom stereocenters. The average molecular weight is 1380 g/mol. The van der Waals surface area contributed by atoms with Crippen LogP contribution in [0.2, 0.25) is 0 Å². The van der Waals surface area contributed by atoms with Crippen LogP contribution in [0.3, 0.4) is 0 Å². The van der Waals surface area contributed by atoms with Gasteiger partial charge in [0.1, 0.15) is 11.2 Å². The molecule has 6 aliphatic carbocycles. The summed E-state index contributed by atoms with van der Waals surface area (Å²) in [4.78, 5) is 82.8. The van der Waals surface area contributed by atoms with Crippen LogP contribution in [0.4, 0.5) is 9.59 Å². The molecule has 9 aromatic rings. The molecule has 530 valence electrons. The van der Waals surface area contributed by atoms with Crippen molar-refractivity contribution in [1.82, 2.24) is 55.3 Å². The summed E-state index contributed by atoms with van der Waals surface area (Å²) in [5, 5.41) is 25.7. The lowest BCUT2D eigenvalue weighted by Gasteiger charge is -2.30. The van der Waals surface area contributed by atoms with Gasteiger partial charge in [0.15, 0.2) is 17.5 Å². The Hall–Kier alpha value is -10.4. The summed E-state index contributed by atoms with van der Waals surface area (Å²) < 4.78 is 28.3. The maximum absolute atomic E-state index is 13.3. The molecule has 0 aliphatic heterocycles. The number of ether oxygens (including phenoxy) is 2. The van der Waals surface area contributed by atoms with Gasteiger partial charge in [0.2, 0.25) is 0 Å². The highest BCUT2D eigenvalue weighted by Crippen LogP contribution is 2.54. The normalized spacial score (nSPS) is 20.3. The quantitative estimate of drug-likeness (QED) is 0.0677. The minimum atomic E-state index is -0.990. The van der Waals surface area contributed by atoms with Crippen molar-refractivity contribution in [2.24, 2.45) is 0 Å². The minimum absolute atomic E-state index is 0.00753. The van der Waals surface area contributed by atoms with Crippen molar-refractivity contribution in [1.29, 1.82) is 0 Å². The van der Waals surface area contributed by atoms with Crippen LogP contribution in [0, 0.1) is 0 Å². The van der Waals surface area contributed by atoms with Gasteiger partial charge in [-0.05, 0) is 189 Å². The molecule has 6 saturated carbocycles. The molecule has 102 heavy (non-hydrogen) atoms. The highest BCUT2D eigenvalue weighted by atomic mass is 16.6. The predicted octanol–water partition coefficient (Wildman–Crippen LogP) is 14.1. The zero-order valence-electron chi connectivity index (χ0n) is 59.5. The van der Waals surface area contributed by atoms with Crippen LogP contribution in [0.1, 0.15) is 182 Å². The lowest BCUT2D eigenvalue weighted by molar-refractivity contribution is 0.0198. The van der Waals surface area contributed by atoms with Crippen molar-refractivity contribution in [3.05, 3.63) is 215 Å².